The summed E-state index contributed by atoms with van der Waals surface area (Å²) in [5.74, 6) is 0. The number of benzene rings is 1. The summed E-state index contributed by atoms with van der Waals surface area (Å²) in [5, 5.41) is 16.9. The molecule has 0 bridgehead atoms. The van der Waals surface area contributed by atoms with Crippen molar-refractivity contribution in [3.63, 3.8) is 0 Å². The van der Waals surface area contributed by atoms with Crippen LogP contribution < -0.4 is 0 Å². The summed E-state index contributed by atoms with van der Waals surface area (Å²) < 4.78 is 40.1. The predicted molar refractivity (Wildman–Crippen MR) is 62.5 cm³/mol. The number of halogens is 3. The van der Waals surface area contributed by atoms with E-state index in [1.54, 1.807) is 11.6 Å². The SMILES string of the molecule is Cn1cnnc1Sc1ccc(CO)c(C(F)(F)F)c1. The summed E-state index contributed by atoms with van der Waals surface area (Å²) in [5.41, 5.74) is -0.975. The summed E-state index contributed by atoms with van der Waals surface area (Å²) in [4.78, 5) is 0.389. The number of rotatable bonds is 3. The molecule has 0 atom stereocenters. The molecular formula is C11H10F3N3OS. The van der Waals surface area contributed by atoms with Gasteiger partial charge in [0.15, 0.2) is 5.16 Å². The van der Waals surface area contributed by atoms with E-state index in [2.05, 4.69) is 10.2 Å². The zero-order chi connectivity index (χ0) is 14.0. The number of alkyl halides is 3. The van der Waals surface area contributed by atoms with E-state index in [9.17, 15) is 13.2 Å². The molecule has 1 heterocycles. The fourth-order valence-electron chi connectivity index (χ4n) is 1.49. The molecule has 0 aliphatic rings. The number of hydrogen-bond donors (Lipinski definition) is 1. The van der Waals surface area contributed by atoms with Crippen LogP contribution in [0.5, 0.6) is 0 Å². The van der Waals surface area contributed by atoms with Crippen molar-refractivity contribution < 1.29 is 18.3 Å². The molecule has 0 spiro atoms. The molecule has 1 aromatic heterocycles. The van der Waals surface area contributed by atoms with Gasteiger partial charge in [-0.3, -0.25) is 0 Å². The van der Waals surface area contributed by atoms with Gasteiger partial charge in [0.1, 0.15) is 6.33 Å². The minimum Gasteiger partial charge on any atom is -0.392 e. The van der Waals surface area contributed by atoms with Crippen LogP contribution in [0.15, 0.2) is 34.6 Å². The lowest BCUT2D eigenvalue weighted by molar-refractivity contribution is -0.138. The van der Waals surface area contributed by atoms with Gasteiger partial charge in [-0.15, -0.1) is 10.2 Å². The van der Waals surface area contributed by atoms with Gasteiger partial charge in [0, 0.05) is 11.9 Å². The molecule has 4 nitrogen and oxygen atoms in total. The first-order valence-corrected chi connectivity index (χ1v) is 6.06. The average molecular weight is 289 g/mol. The minimum atomic E-state index is -4.49. The highest BCUT2D eigenvalue weighted by atomic mass is 32.2. The third kappa shape index (κ3) is 3.07. The zero-order valence-corrected chi connectivity index (χ0v) is 10.7. The molecule has 0 fully saturated rings. The van der Waals surface area contributed by atoms with Gasteiger partial charge in [0.05, 0.1) is 12.2 Å². The van der Waals surface area contributed by atoms with E-state index in [0.29, 0.717) is 10.1 Å². The molecule has 0 aliphatic carbocycles. The van der Waals surface area contributed by atoms with E-state index < -0.39 is 18.3 Å². The summed E-state index contributed by atoms with van der Waals surface area (Å²) in [7, 11) is 1.70. The van der Waals surface area contributed by atoms with Crippen LogP contribution in [0.3, 0.4) is 0 Å². The molecule has 2 rings (SSSR count). The molecule has 2 aromatic rings. The van der Waals surface area contributed by atoms with Crippen LogP contribution in [-0.2, 0) is 19.8 Å². The first-order valence-electron chi connectivity index (χ1n) is 5.24. The van der Waals surface area contributed by atoms with Gasteiger partial charge in [0.2, 0.25) is 0 Å². The third-order valence-corrected chi connectivity index (χ3v) is 3.48. The molecule has 0 unspecified atom stereocenters. The number of aryl methyl sites for hydroxylation is 1. The lowest BCUT2D eigenvalue weighted by Gasteiger charge is -2.12. The molecule has 1 aromatic carbocycles. The maximum atomic E-state index is 12.8. The van der Waals surface area contributed by atoms with Crippen molar-refractivity contribution in [2.24, 2.45) is 7.05 Å². The Morgan fingerprint density at radius 2 is 2.11 bits per heavy atom. The van der Waals surface area contributed by atoms with Crippen molar-refractivity contribution in [1.82, 2.24) is 14.8 Å². The molecule has 0 saturated carbocycles. The largest absolute Gasteiger partial charge is 0.416 e. The molecule has 102 valence electrons. The number of aliphatic hydroxyl groups excluding tert-OH is 1. The lowest BCUT2D eigenvalue weighted by Crippen LogP contribution is -2.09. The zero-order valence-electron chi connectivity index (χ0n) is 9.85. The minimum absolute atomic E-state index is 0.144. The van der Waals surface area contributed by atoms with E-state index >= 15 is 0 Å². The molecule has 1 N–H and O–H groups in total. The van der Waals surface area contributed by atoms with E-state index in [1.165, 1.54) is 18.5 Å². The molecule has 8 heteroatoms. The van der Waals surface area contributed by atoms with Crippen molar-refractivity contribution in [2.45, 2.75) is 22.8 Å². The van der Waals surface area contributed by atoms with Gasteiger partial charge >= 0.3 is 6.18 Å². The van der Waals surface area contributed by atoms with Gasteiger partial charge in [-0.25, -0.2) is 0 Å². The van der Waals surface area contributed by atoms with Gasteiger partial charge in [0.25, 0.3) is 0 Å². The van der Waals surface area contributed by atoms with Crippen LogP contribution >= 0.6 is 11.8 Å². The predicted octanol–water partition coefficient (Wildman–Crippen LogP) is 2.48. The first kappa shape index (κ1) is 13.9. The summed E-state index contributed by atoms with van der Waals surface area (Å²) in [6.45, 7) is -0.649. The Hall–Kier alpha value is -1.54. The van der Waals surface area contributed by atoms with E-state index in [-0.39, 0.29) is 5.56 Å². The fraction of sp³-hybridized carbons (Fsp3) is 0.273. The third-order valence-electron chi connectivity index (χ3n) is 2.44. The van der Waals surface area contributed by atoms with Crippen molar-refractivity contribution in [3.05, 3.63) is 35.7 Å². The summed E-state index contributed by atoms with van der Waals surface area (Å²) in [6, 6.07) is 3.78. The highest BCUT2D eigenvalue weighted by Gasteiger charge is 2.33. The second-order valence-electron chi connectivity index (χ2n) is 3.80. The van der Waals surface area contributed by atoms with Crippen molar-refractivity contribution in [3.8, 4) is 0 Å². The monoisotopic (exact) mass is 289 g/mol. The lowest BCUT2D eigenvalue weighted by atomic mass is 10.1. The van der Waals surface area contributed by atoms with Crippen LogP contribution in [0, 0.1) is 0 Å². The second-order valence-corrected chi connectivity index (χ2v) is 4.84. The Kier molecular flexibility index (Phi) is 3.81. The van der Waals surface area contributed by atoms with Crippen molar-refractivity contribution >= 4 is 11.8 Å². The summed E-state index contributed by atoms with van der Waals surface area (Å²) in [6.07, 6.45) is -3.02. The number of hydrogen-bond acceptors (Lipinski definition) is 4. The Morgan fingerprint density at radius 3 is 2.63 bits per heavy atom. The van der Waals surface area contributed by atoms with Gasteiger partial charge < -0.3 is 9.67 Å². The molecule has 0 amide bonds. The van der Waals surface area contributed by atoms with E-state index in [4.69, 9.17) is 5.11 Å². The molecule has 0 aliphatic heterocycles. The van der Waals surface area contributed by atoms with Crippen LogP contribution in [0.4, 0.5) is 13.2 Å². The highest BCUT2D eigenvalue weighted by molar-refractivity contribution is 7.99. The average Bonchev–Trinajstić information content (AvgIpc) is 2.74. The van der Waals surface area contributed by atoms with Crippen LogP contribution in [0.1, 0.15) is 11.1 Å². The Balaban J connectivity index is 2.36. The maximum absolute atomic E-state index is 12.8. The molecular weight excluding hydrogens is 279 g/mol. The van der Waals surface area contributed by atoms with E-state index in [0.717, 1.165) is 17.8 Å². The van der Waals surface area contributed by atoms with Crippen molar-refractivity contribution in [2.75, 3.05) is 0 Å². The molecule has 0 radical (unpaired) electrons. The number of aromatic nitrogens is 3. The quantitative estimate of drug-likeness (QED) is 0.943. The normalized spacial score (nSPS) is 11.8. The molecule has 19 heavy (non-hydrogen) atoms. The standard InChI is InChI=1S/C11H10F3N3OS/c1-17-6-15-16-10(17)19-8-3-2-7(5-18)9(4-8)11(12,13)14/h2-4,6,18H,5H2,1H3. The smallest absolute Gasteiger partial charge is 0.392 e. The van der Waals surface area contributed by atoms with Gasteiger partial charge in [-0.2, -0.15) is 13.2 Å². The number of nitrogens with zero attached hydrogens (tertiary/aromatic N) is 3. The second kappa shape index (κ2) is 5.22. The number of aliphatic hydroxyl groups is 1. The maximum Gasteiger partial charge on any atom is 0.416 e. The van der Waals surface area contributed by atoms with Crippen molar-refractivity contribution in [1.29, 1.82) is 0 Å². The topological polar surface area (TPSA) is 50.9 Å². The molecule has 0 saturated heterocycles. The van der Waals surface area contributed by atoms with Crippen LogP contribution in [0.25, 0.3) is 0 Å². The Bertz CT molecular complexity index is 583. The van der Waals surface area contributed by atoms with Gasteiger partial charge in [-0.05, 0) is 29.5 Å². The van der Waals surface area contributed by atoms with Crippen LogP contribution in [0.2, 0.25) is 0 Å². The summed E-state index contributed by atoms with van der Waals surface area (Å²) >= 11 is 1.08. The Morgan fingerprint density at radius 1 is 1.37 bits per heavy atom. The van der Waals surface area contributed by atoms with E-state index in [1.807, 2.05) is 0 Å². The first-order chi connectivity index (χ1) is 8.91. The highest BCUT2D eigenvalue weighted by Crippen LogP contribution is 2.36. The van der Waals surface area contributed by atoms with Crippen LogP contribution in [-0.4, -0.2) is 19.9 Å². The van der Waals surface area contributed by atoms with Gasteiger partial charge in [-0.1, -0.05) is 6.07 Å². The fourth-order valence-corrected chi connectivity index (χ4v) is 2.29. The Labute approximate surface area is 111 Å².